The van der Waals surface area contributed by atoms with Gasteiger partial charge in [0.2, 0.25) is 0 Å². The predicted octanol–water partition coefficient (Wildman–Crippen LogP) is 3.71. The van der Waals surface area contributed by atoms with E-state index in [1.807, 2.05) is 11.8 Å². The molecule has 0 spiro atoms. The molecule has 0 aromatic heterocycles. The standard InChI is InChI=1S/C14H23NS/c1-5-15-14(6-7-16-4)13-9-11(2)8-12(3)10-13/h8-10,14-15H,5-7H2,1-4H3. The summed E-state index contributed by atoms with van der Waals surface area (Å²) in [6.45, 7) is 7.56. The second kappa shape index (κ2) is 6.97. The van der Waals surface area contributed by atoms with Crippen LogP contribution in [0.4, 0.5) is 0 Å². The third-order valence-electron chi connectivity index (χ3n) is 2.71. The quantitative estimate of drug-likeness (QED) is 0.809. The molecule has 0 heterocycles. The molecule has 0 aliphatic heterocycles. The predicted molar refractivity (Wildman–Crippen MR) is 75.3 cm³/mol. The van der Waals surface area contributed by atoms with Gasteiger partial charge in [-0.15, -0.1) is 0 Å². The Morgan fingerprint density at radius 2 is 1.81 bits per heavy atom. The Morgan fingerprint density at radius 3 is 2.31 bits per heavy atom. The van der Waals surface area contributed by atoms with Gasteiger partial charge in [0, 0.05) is 6.04 Å². The first-order chi connectivity index (χ1) is 7.67. The van der Waals surface area contributed by atoms with E-state index in [1.165, 1.54) is 28.9 Å². The van der Waals surface area contributed by atoms with Crippen molar-refractivity contribution in [3.05, 3.63) is 34.9 Å². The molecule has 0 bridgehead atoms. The van der Waals surface area contributed by atoms with E-state index in [-0.39, 0.29) is 0 Å². The normalized spacial score (nSPS) is 12.8. The molecule has 0 amide bonds. The van der Waals surface area contributed by atoms with Crippen LogP contribution in [0.15, 0.2) is 18.2 Å². The maximum absolute atomic E-state index is 3.57. The third kappa shape index (κ3) is 4.18. The number of rotatable bonds is 6. The van der Waals surface area contributed by atoms with Gasteiger partial charge in [-0.2, -0.15) is 11.8 Å². The summed E-state index contributed by atoms with van der Waals surface area (Å²) >= 11 is 1.92. The van der Waals surface area contributed by atoms with Crippen molar-refractivity contribution < 1.29 is 0 Å². The largest absolute Gasteiger partial charge is 0.310 e. The average Bonchev–Trinajstić information content (AvgIpc) is 2.22. The number of hydrogen-bond acceptors (Lipinski definition) is 2. The van der Waals surface area contributed by atoms with Crippen LogP contribution in [0.2, 0.25) is 0 Å². The first-order valence-electron chi connectivity index (χ1n) is 5.98. The number of hydrogen-bond donors (Lipinski definition) is 1. The van der Waals surface area contributed by atoms with Gasteiger partial charge in [0.25, 0.3) is 0 Å². The van der Waals surface area contributed by atoms with Gasteiger partial charge in [-0.3, -0.25) is 0 Å². The number of benzene rings is 1. The fourth-order valence-electron chi connectivity index (χ4n) is 2.08. The van der Waals surface area contributed by atoms with Crippen LogP contribution in [0.1, 0.15) is 36.1 Å². The van der Waals surface area contributed by atoms with Crippen molar-refractivity contribution in [3.8, 4) is 0 Å². The smallest absolute Gasteiger partial charge is 0.0328 e. The fraction of sp³-hybridized carbons (Fsp3) is 0.571. The molecule has 1 N–H and O–H groups in total. The van der Waals surface area contributed by atoms with E-state index < -0.39 is 0 Å². The summed E-state index contributed by atoms with van der Waals surface area (Å²) in [5.41, 5.74) is 4.16. The molecule has 1 nitrogen and oxygen atoms in total. The van der Waals surface area contributed by atoms with Gasteiger partial charge < -0.3 is 5.32 Å². The van der Waals surface area contributed by atoms with Crippen LogP contribution in [0.3, 0.4) is 0 Å². The van der Waals surface area contributed by atoms with Gasteiger partial charge in [-0.1, -0.05) is 36.2 Å². The summed E-state index contributed by atoms with van der Waals surface area (Å²) in [6.07, 6.45) is 3.38. The van der Waals surface area contributed by atoms with Gasteiger partial charge in [0.05, 0.1) is 0 Å². The maximum atomic E-state index is 3.57. The zero-order valence-corrected chi connectivity index (χ0v) is 11.7. The summed E-state index contributed by atoms with van der Waals surface area (Å²) in [7, 11) is 0. The van der Waals surface area contributed by atoms with Crippen LogP contribution in [-0.2, 0) is 0 Å². The monoisotopic (exact) mass is 237 g/mol. The van der Waals surface area contributed by atoms with E-state index in [2.05, 4.69) is 50.5 Å². The Kier molecular flexibility index (Phi) is 5.93. The van der Waals surface area contributed by atoms with Gasteiger partial charge in [0.15, 0.2) is 0 Å². The van der Waals surface area contributed by atoms with Crippen molar-refractivity contribution in [3.63, 3.8) is 0 Å². The molecule has 0 fully saturated rings. The molecule has 0 radical (unpaired) electrons. The van der Waals surface area contributed by atoms with Crippen molar-refractivity contribution in [1.29, 1.82) is 0 Å². The molecule has 1 rings (SSSR count). The molecule has 0 aliphatic carbocycles. The SMILES string of the molecule is CCNC(CCSC)c1cc(C)cc(C)c1. The number of thioether (sulfide) groups is 1. The summed E-state index contributed by atoms with van der Waals surface area (Å²) < 4.78 is 0. The topological polar surface area (TPSA) is 12.0 Å². The van der Waals surface area contributed by atoms with E-state index in [1.54, 1.807) is 0 Å². The lowest BCUT2D eigenvalue weighted by Crippen LogP contribution is -2.21. The molecule has 1 aromatic rings. The molecule has 16 heavy (non-hydrogen) atoms. The first kappa shape index (κ1) is 13.6. The van der Waals surface area contributed by atoms with Crippen LogP contribution < -0.4 is 5.32 Å². The Morgan fingerprint density at radius 1 is 1.19 bits per heavy atom. The highest BCUT2D eigenvalue weighted by Crippen LogP contribution is 2.21. The molecule has 0 aliphatic rings. The van der Waals surface area contributed by atoms with E-state index >= 15 is 0 Å². The average molecular weight is 237 g/mol. The molecule has 1 aromatic carbocycles. The first-order valence-corrected chi connectivity index (χ1v) is 7.37. The van der Waals surface area contributed by atoms with Crippen molar-refractivity contribution in [1.82, 2.24) is 5.32 Å². The third-order valence-corrected chi connectivity index (χ3v) is 3.35. The van der Waals surface area contributed by atoms with Crippen molar-refractivity contribution >= 4 is 11.8 Å². The summed E-state index contributed by atoms with van der Waals surface area (Å²) in [4.78, 5) is 0. The van der Waals surface area contributed by atoms with E-state index in [4.69, 9.17) is 0 Å². The molecule has 0 saturated carbocycles. The summed E-state index contributed by atoms with van der Waals surface area (Å²) in [5.74, 6) is 1.21. The second-order valence-electron chi connectivity index (χ2n) is 4.31. The van der Waals surface area contributed by atoms with Crippen LogP contribution in [-0.4, -0.2) is 18.6 Å². The highest BCUT2D eigenvalue weighted by molar-refractivity contribution is 7.98. The minimum Gasteiger partial charge on any atom is -0.310 e. The van der Waals surface area contributed by atoms with Crippen LogP contribution in [0, 0.1) is 13.8 Å². The molecule has 90 valence electrons. The second-order valence-corrected chi connectivity index (χ2v) is 5.30. The minimum atomic E-state index is 0.510. The lowest BCUT2D eigenvalue weighted by atomic mass is 9.99. The Labute approximate surface area is 104 Å². The zero-order valence-electron chi connectivity index (χ0n) is 10.8. The van der Waals surface area contributed by atoms with E-state index in [0.29, 0.717) is 6.04 Å². The molecular formula is C14H23NS. The molecule has 1 unspecified atom stereocenters. The molecule has 0 saturated heterocycles. The van der Waals surface area contributed by atoms with Crippen molar-refractivity contribution in [2.75, 3.05) is 18.6 Å². The van der Waals surface area contributed by atoms with Gasteiger partial charge in [-0.25, -0.2) is 0 Å². The Bertz CT molecular complexity index is 302. The van der Waals surface area contributed by atoms with Crippen molar-refractivity contribution in [2.24, 2.45) is 0 Å². The number of nitrogens with one attached hydrogen (secondary N) is 1. The highest BCUT2D eigenvalue weighted by Gasteiger charge is 2.10. The Hall–Kier alpha value is -0.470. The van der Waals surface area contributed by atoms with Crippen LogP contribution in [0.5, 0.6) is 0 Å². The van der Waals surface area contributed by atoms with Gasteiger partial charge in [-0.05, 0) is 44.4 Å². The van der Waals surface area contributed by atoms with Gasteiger partial charge >= 0.3 is 0 Å². The lowest BCUT2D eigenvalue weighted by molar-refractivity contribution is 0.540. The van der Waals surface area contributed by atoms with Crippen LogP contribution >= 0.6 is 11.8 Å². The van der Waals surface area contributed by atoms with Gasteiger partial charge in [0.1, 0.15) is 0 Å². The zero-order chi connectivity index (χ0) is 12.0. The van der Waals surface area contributed by atoms with E-state index in [9.17, 15) is 0 Å². The fourth-order valence-corrected chi connectivity index (χ4v) is 2.55. The number of aryl methyl sites for hydroxylation is 2. The summed E-state index contributed by atoms with van der Waals surface area (Å²) in [5, 5.41) is 3.57. The Balaban J connectivity index is 2.82. The lowest BCUT2D eigenvalue weighted by Gasteiger charge is -2.19. The molecule has 2 heteroatoms. The minimum absolute atomic E-state index is 0.510. The van der Waals surface area contributed by atoms with Crippen molar-refractivity contribution in [2.45, 2.75) is 33.2 Å². The highest BCUT2D eigenvalue weighted by atomic mass is 32.2. The van der Waals surface area contributed by atoms with E-state index in [0.717, 1.165) is 6.54 Å². The molecular weight excluding hydrogens is 214 g/mol. The molecule has 1 atom stereocenters. The summed E-state index contributed by atoms with van der Waals surface area (Å²) in [6, 6.07) is 7.36. The van der Waals surface area contributed by atoms with Crippen LogP contribution in [0.25, 0.3) is 0 Å². The maximum Gasteiger partial charge on any atom is 0.0328 e.